The first-order valence-electron chi connectivity index (χ1n) is 4.44. The van der Waals surface area contributed by atoms with E-state index < -0.39 is 0 Å². The summed E-state index contributed by atoms with van der Waals surface area (Å²) in [6, 6.07) is 8.17. The van der Waals surface area contributed by atoms with Crippen LogP contribution in [0.4, 0.5) is 0 Å². The first kappa shape index (κ1) is 9.78. The first-order chi connectivity index (χ1) is 6.11. The quantitative estimate of drug-likeness (QED) is 0.737. The molecule has 0 fully saturated rings. The lowest BCUT2D eigenvalue weighted by Gasteiger charge is -2.14. The van der Waals surface area contributed by atoms with E-state index in [4.69, 9.17) is 0 Å². The molecule has 2 heteroatoms. The molecule has 1 N–H and O–H groups in total. The lowest BCUT2D eigenvalue weighted by molar-refractivity contribution is -0.119. The van der Waals surface area contributed by atoms with Gasteiger partial charge in [0.2, 0.25) is 5.91 Å². The van der Waals surface area contributed by atoms with Gasteiger partial charge in [-0.3, -0.25) is 4.79 Å². The molecular formula is C11H15NO. The zero-order valence-corrected chi connectivity index (χ0v) is 8.29. The summed E-state index contributed by atoms with van der Waals surface area (Å²) < 4.78 is 0. The Morgan fingerprint density at radius 3 is 2.54 bits per heavy atom. The average molecular weight is 177 g/mol. The Balaban J connectivity index is 2.82. The number of amides is 1. The minimum absolute atomic E-state index is 0.00996. The lowest BCUT2D eigenvalue weighted by Crippen LogP contribution is -2.24. The number of hydrogen-bond donors (Lipinski definition) is 1. The third-order valence-electron chi connectivity index (χ3n) is 2.07. The van der Waals surface area contributed by atoms with Gasteiger partial charge in [0, 0.05) is 6.92 Å². The Morgan fingerprint density at radius 1 is 1.38 bits per heavy atom. The Hall–Kier alpha value is -1.31. The molecule has 0 aliphatic carbocycles. The van der Waals surface area contributed by atoms with E-state index >= 15 is 0 Å². The van der Waals surface area contributed by atoms with Crippen molar-refractivity contribution in [2.24, 2.45) is 0 Å². The van der Waals surface area contributed by atoms with Gasteiger partial charge in [0.1, 0.15) is 0 Å². The second kappa shape index (κ2) is 4.08. The molecule has 1 unspecified atom stereocenters. The highest BCUT2D eigenvalue weighted by atomic mass is 16.1. The van der Waals surface area contributed by atoms with Crippen molar-refractivity contribution < 1.29 is 4.79 Å². The van der Waals surface area contributed by atoms with Crippen LogP contribution in [-0.2, 0) is 4.79 Å². The number of rotatable bonds is 2. The molecule has 0 bridgehead atoms. The minimum Gasteiger partial charge on any atom is -0.350 e. The van der Waals surface area contributed by atoms with Crippen LogP contribution in [0.3, 0.4) is 0 Å². The smallest absolute Gasteiger partial charge is 0.217 e. The van der Waals surface area contributed by atoms with Gasteiger partial charge in [0.25, 0.3) is 0 Å². The third kappa shape index (κ3) is 2.58. The molecule has 1 amide bonds. The molecular weight excluding hydrogens is 162 g/mol. The van der Waals surface area contributed by atoms with Crippen molar-refractivity contribution >= 4 is 5.91 Å². The summed E-state index contributed by atoms with van der Waals surface area (Å²) in [7, 11) is 0. The van der Waals surface area contributed by atoms with Crippen molar-refractivity contribution in [2.75, 3.05) is 0 Å². The number of aryl methyl sites for hydroxylation is 1. The standard InChI is InChI=1S/C11H15NO/c1-8-6-4-5-7-11(8)9(2)12-10(3)13/h4-7,9H,1-3H3,(H,12,13). The van der Waals surface area contributed by atoms with E-state index in [-0.39, 0.29) is 11.9 Å². The van der Waals surface area contributed by atoms with E-state index in [9.17, 15) is 4.79 Å². The van der Waals surface area contributed by atoms with Gasteiger partial charge < -0.3 is 5.32 Å². The predicted octanol–water partition coefficient (Wildman–Crippen LogP) is 2.19. The van der Waals surface area contributed by atoms with Crippen molar-refractivity contribution in [1.82, 2.24) is 5.32 Å². The van der Waals surface area contributed by atoms with Crippen molar-refractivity contribution in [3.63, 3.8) is 0 Å². The normalized spacial score (nSPS) is 12.2. The van der Waals surface area contributed by atoms with Crippen LogP contribution in [0.15, 0.2) is 24.3 Å². The van der Waals surface area contributed by atoms with Gasteiger partial charge in [0.15, 0.2) is 0 Å². The van der Waals surface area contributed by atoms with Crippen LogP contribution in [0.2, 0.25) is 0 Å². The summed E-state index contributed by atoms with van der Waals surface area (Å²) in [5.41, 5.74) is 2.39. The fraction of sp³-hybridized carbons (Fsp3) is 0.364. The molecule has 1 aromatic carbocycles. The van der Waals surface area contributed by atoms with Gasteiger partial charge in [-0.25, -0.2) is 0 Å². The second-order valence-electron chi connectivity index (χ2n) is 3.28. The second-order valence-corrected chi connectivity index (χ2v) is 3.28. The van der Waals surface area contributed by atoms with Crippen LogP contribution < -0.4 is 5.32 Å². The summed E-state index contributed by atoms with van der Waals surface area (Å²) in [6.45, 7) is 5.58. The van der Waals surface area contributed by atoms with E-state index in [1.165, 1.54) is 18.1 Å². The molecule has 0 saturated heterocycles. The maximum absolute atomic E-state index is 10.8. The molecule has 70 valence electrons. The molecule has 13 heavy (non-hydrogen) atoms. The van der Waals surface area contributed by atoms with Gasteiger partial charge in [-0.2, -0.15) is 0 Å². The zero-order chi connectivity index (χ0) is 9.84. The Morgan fingerprint density at radius 2 is 2.00 bits per heavy atom. The fourth-order valence-electron chi connectivity index (χ4n) is 1.46. The Labute approximate surface area is 79.0 Å². The van der Waals surface area contributed by atoms with E-state index in [0.29, 0.717) is 0 Å². The molecule has 0 aliphatic rings. The van der Waals surface area contributed by atoms with Gasteiger partial charge in [-0.15, -0.1) is 0 Å². The topological polar surface area (TPSA) is 29.1 Å². The molecule has 1 rings (SSSR count). The van der Waals surface area contributed by atoms with Crippen molar-refractivity contribution in [1.29, 1.82) is 0 Å². The molecule has 2 nitrogen and oxygen atoms in total. The Kier molecular flexibility index (Phi) is 3.07. The van der Waals surface area contributed by atoms with Crippen LogP contribution in [0, 0.1) is 6.92 Å². The molecule has 0 aromatic heterocycles. The van der Waals surface area contributed by atoms with Crippen molar-refractivity contribution in [3.05, 3.63) is 35.4 Å². The molecule has 1 atom stereocenters. The largest absolute Gasteiger partial charge is 0.350 e. The summed E-state index contributed by atoms with van der Waals surface area (Å²) in [5.74, 6) is 0.00996. The SMILES string of the molecule is CC(=O)NC(C)c1ccccc1C. The van der Waals surface area contributed by atoms with Crippen LogP contribution >= 0.6 is 0 Å². The highest BCUT2D eigenvalue weighted by Crippen LogP contribution is 2.16. The molecule has 0 saturated carbocycles. The van der Waals surface area contributed by atoms with Crippen LogP contribution in [-0.4, -0.2) is 5.91 Å². The van der Waals surface area contributed by atoms with E-state index in [2.05, 4.69) is 5.32 Å². The summed E-state index contributed by atoms with van der Waals surface area (Å²) in [6.07, 6.45) is 0. The molecule has 0 radical (unpaired) electrons. The van der Waals surface area contributed by atoms with E-state index in [1.54, 1.807) is 0 Å². The van der Waals surface area contributed by atoms with Gasteiger partial charge in [0.05, 0.1) is 6.04 Å². The zero-order valence-electron chi connectivity index (χ0n) is 8.29. The third-order valence-corrected chi connectivity index (χ3v) is 2.07. The van der Waals surface area contributed by atoms with Crippen LogP contribution in [0.25, 0.3) is 0 Å². The van der Waals surface area contributed by atoms with Gasteiger partial charge in [-0.1, -0.05) is 24.3 Å². The average Bonchev–Trinajstić information content (AvgIpc) is 2.03. The van der Waals surface area contributed by atoms with Crippen molar-refractivity contribution in [3.8, 4) is 0 Å². The first-order valence-corrected chi connectivity index (χ1v) is 4.44. The predicted molar refractivity (Wildman–Crippen MR) is 53.4 cm³/mol. The number of nitrogens with one attached hydrogen (secondary N) is 1. The molecule has 0 heterocycles. The minimum atomic E-state index is 0.00996. The Bertz CT molecular complexity index is 307. The lowest BCUT2D eigenvalue weighted by atomic mass is 10.0. The summed E-state index contributed by atoms with van der Waals surface area (Å²) >= 11 is 0. The molecule has 1 aromatic rings. The summed E-state index contributed by atoms with van der Waals surface area (Å²) in [4.78, 5) is 10.8. The van der Waals surface area contributed by atoms with E-state index in [1.807, 2.05) is 38.1 Å². The maximum atomic E-state index is 10.8. The van der Waals surface area contributed by atoms with E-state index in [0.717, 1.165) is 0 Å². The highest BCUT2D eigenvalue weighted by molar-refractivity contribution is 5.73. The number of carbonyl (C=O) groups is 1. The highest BCUT2D eigenvalue weighted by Gasteiger charge is 2.07. The maximum Gasteiger partial charge on any atom is 0.217 e. The molecule has 0 aliphatic heterocycles. The summed E-state index contributed by atoms with van der Waals surface area (Å²) in [5, 5.41) is 2.86. The monoisotopic (exact) mass is 177 g/mol. The van der Waals surface area contributed by atoms with Crippen LogP contribution in [0.1, 0.15) is 31.0 Å². The van der Waals surface area contributed by atoms with Crippen LogP contribution in [0.5, 0.6) is 0 Å². The van der Waals surface area contributed by atoms with Gasteiger partial charge >= 0.3 is 0 Å². The molecule has 0 spiro atoms. The fourth-order valence-corrected chi connectivity index (χ4v) is 1.46. The number of hydrogen-bond acceptors (Lipinski definition) is 1. The number of carbonyl (C=O) groups excluding carboxylic acids is 1. The van der Waals surface area contributed by atoms with Gasteiger partial charge in [-0.05, 0) is 25.0 Å². The number of benzene rings is 1. The van der Waals surface area contributed by atoms with Crippen molar-refractivity contribution in [2.45, 2.75) is 26.8 Å².